The normalized spacial score (nSPS) is 11.1. The maximum absolute atomic E-state index is 12.6. The highest BCUT2D eigenvalue weighted by Gasteiger charge is 2.30. The van der Waals surface area contributed by atoms with Gasteiger partial charge in [0.1, 0.15) is 0 Å². The van der Waals surface area contributed by atoms with E-state index in [1.807, 2.05) is 0 Å². The summed E-state index contributed by atoms with van der Waals surface area (Å²) in [5.41, 5.74) is 6.70. The van der Waals surface area contributed by atoms with Crippen molar-refractivity contribution in [3.8, 4) is 11.1 Å². The summed E-state index contributed by atoms with van der Waals surface area (Å²) in [5.74, 6) is 0. The Morgan fingerprint density at radius 2 is 1.75 bits per heavy atom. The average molecular weight is 322 g/mol. The molecule has 0 aliphatic heterocycles. The van der Waals surface area contributed by atoms with Gasteiger partial charge in [-0.25, -0.2) is 0 Å². The Bertz CT molecular complexity index is 597. The lowest BCUT2D eigenvalue weighted by atomic mass is 9.97. The number of alkyl halides is 3. The van der Waals surface area contributed by atoms with Gasteiger partial charge in [-0.2, -0.15) is 13.2 Å². The Balaban J connectivity index is 0.00000200. The first kappa shape index (κ1) is 16.8. The SMILES string of the molecule is Cl.NCc1cc(C(F)(F)F)ccc1-c1cccc(Cl)c1. The molecule has 2 rings (SSSR count). The van der Waals surface area contributed by atoms with E-state index in [0.29, 0.717) is 16.1 Å². The third-order valence-corrected chi connectivity index (χ3v) is 3.02. The second-order valence-corrected chi connectivity index (χ2v) is 4.52. The lowest BCUT2D eigenvalue weighted by Crippen LogP contribution is -2.08. The van der Waals surface area contributed by atoms with Gasteiger partial charge in [-0.15, -0.1) is 12.4 Å². The number of benzene rings is 2. The van der Waals surface area contributed by atoms with Crippen LogP contribution < -0.4 is 5.73 Å². The van der Waals surface area contributed by atoms with Crippen molar-refractivity contribution in [2.24, 2.45) is 5.73 Å². The molecule has 108 valence electrons. The standard InChI is InChI=1S/C14H11ClF3N.ClH/c15-12-3-1-2-9(7-12)13-5-4-11(14(16,17)18)6-10(13)8-19;/h1-7H,8,19H2;1H. The minimum Gasteiger partial charge on any atom is -0.326 e. The summed E-state index contributed by atoms with van der Waals surface area (Å²) in [6.07, 6.45) is -4.36. The molecule has 0 aliphatic rings. The Morgan fingerprint density at radius 1 is 1.05 bits per heavy atom. The minimum absolute atomic E-state index is 0. The largest absolute Gasteiger partial charge is 0.416 e. The number of hydrogen-bond donors (Lipinski definition) is 1. The quantitative estimate of drug-likeness (QED) is 0.835. The second-order valence-electron chi connectivity index (χ2n) is 4.08. The van der Waals surface area contributed by atoms with Crippen molar-refractivity contribution >= 4 is 24.0 Å². The van der Waals surface area contributed by atoms with Crippen molar-refractivity contribution in [3.05, 3.63) is 58.6 Å². The van der Waals surface area contributed by atoms with Crippen molar-refractivity contribution in [2.75, 3.05) is 0 Å². The zero-order chi connectivity index (χ0) is 14.0. The lowest BCUT2D eigenvalue weighted by Gasteiger charge is -2.13. The topological polar surface area (TPSA) is 26.0 Å². The molecule has 20 heavy (non-hydrogen) atoms. The predicted molar refractivity (Wildman–Crippen MR) is 77.0 cm³/mol. The molecule has 0 heterocycles. The molecule has 6 heteroatoms. The second kappa shape index (κ2) is 6.48. The average Bonchev–Trinajstić information content (AvgIpc) is 2.37. The summed E-state index contributed by atoms with van der Waals surface area (Å²) < 4.78 is 37.9. The van der Waals surface area contributed by atoms with E-state index in [1.54, 1.807) is 24.3 Å². The number of rotatable bonds is 2. The van der Waals surface area contributed by atoms with E-state index in [-0.39, 0.29) is 19.0 Å². The van der Waals surface area contributed by atoms with Gasteiger partial charge in [0.2, 0.25) is 0 Å². The first-order valence-electron chi connectivity index (χ1n) is 5.58. The third kappa shape index (κ3) is 3.66. The molecule has 2 aromatic rings. The van der Waals surface area contributed by atoms with Gasteiger partial charge in [0.15, 0.2) is 0 Å². The summed E-state index contributed by atoms with van der Waals surface area (Å²) in [6.45, 7) is 0.0335. The molecule has 0 unspecified atom stereocenters. The molecule has 1 nitrogen and oxygen atoms in total. The van der Waals surface area contributed by atoms with E-state index < -0.39 is 11.7 Å². The zero-order valence-corrected chi connectivity index (χ0v) is 11.8. The molecular weight excluding hydrogens is 310 g/mol. The van der Waals surface area contributed by atoms with Crippen LogP contribution in [0.4, 0.5) is 13.2 Å². The van der Waals surface area contributed by atoms with Crippen LogP contribution in [0.2, 0.25) is 5.02 Å². The van der Waals surface area contributed by atoms with E-state index >= 15 is 0 Å². The van der Waals surface area contributed by atoms with E-state index in [0.717, 1.165) is 17.7 Å². The van der Waals surface area contributed by atoms with Gasteiger partial charge in [0, 0.05) is 11.6 Å². The highest BCUT2D eigenvalue weighted by Crippen LogP contribution is 2.33. The van der Waals surface area contributed by atoms with Crippen molar-refractivity contribution in [1.29, 1.82) is 0 Å². The predicted octanol–water partition coefficient (Wildman–Crippen LogP) is 4.91. The molecule has 0 amide bonds. The van der Waals surface area contributed by atoms with Gasteiger partial charge >= 0.3 is 6.18 Å². The molecule has 0 bridgehead atoms. The lowest BCUT2D eigenvalue weighted by molar-refractivity contribution is -0.137. The molecular formula is C14H12Cl2F3N. The molecule has 2 aromatic carbocycles. The fraction of sp³-hybridized carbons (Fsp3) is 0.143. The van der Waals surface area contributed by atoms with Crippen LogP contribution in [0, 0.1) is 0 Å². The van der Waals surface area contributed by atoms with Crippen molar-refractivity contribution in [3.63, 3.8) is 0 Å². The highest BCUT2D eigenvalue weighted by molar-refractivity contribution is 6.30. The first-order valence-corrected chi connectivity index (χ1v) is 5.96. The molecule has 2 N–H and O–H groups in total. The Morgan fingerprint density at radius 3 is 2.30 bits per heavy atom. The molecule has 0 saturated heterocycles. The number of hydrogen-bond acceptors (Lipinski definition) is 1. The van der Waals surface area contributed by atoms with Gasteiger partial charge < -0.3 is 5.73 Å². The van der Waals surface area contributed by atoms with Crippen LogP contribution in [0.15, 0.2) is 42.5 Å². The molecule has 0 aromatic heterocycles. The van der Waals surface area contributed by atoms with Crippen LogP contribution >= 0.6 is 24.0 Å². The summed E-state index contributed by atoms with van der Waals surface area (Å²) in [5, 5.41) is 0.528. The van der Waals surface area contributed by atoms with Crippen LogP contribution in [0.5, 0.6) is 0 Å². The van der Waals surface area contributed by atoms with Gasteiger partial charge in [-0.3, -0.25) is 0 Å². The maximum Gasteiger partial charge on any atom is 0.416 e. The van der Waals surface area contributed by atoms with E-state index in [9.17, 15) is 13.2 Å². The zero-order valence-electron chi connectivity index (χ0n) is 10.2. The summed E-state index contributed by atoms with van der Waals surface area (Å²) in [4.78, 5) is 0. The van der Waals surface area contributed by atoms with E-state index in [4.69, 9.17) is 17.3 Å². The maximum atomic E-state index is 12.6. The van der Waals surface area contributed by atoms with Crippen molar-refractivity contribution in [1.82, 2.24) is 0 Å². The highest BCUT2D eigenvalue weighted by atomic mass is 35.5. The van der Waals surface area contributed by atoms with Crippen LogP contribution in [-0.4, -0.2) is 0 Å². The Kier molecular flexibility index (Phi) is 5.45. The van der Waals surface area contributed by atoms with Crippen molar-refractivity contribution in [2.45, 2.75) is 12.7 Å². The minimum atomic E-state index is -4.36. The molecule has 0 atom stereocenters. The smallest absolute Gasteiger partial charge is 0.326 e. The van der Waals surface area contributed by atoms with E-state index in [2.05, 4.69) is 0 Å². The monoisotopic (exact) mass is 321 g/mol. The molecule has 0 spiro atoms. The third-order valence-electron chi connectivity index (χ3n) is 2.79. The van der Waals surface area contributed by atoms with Crippen molar-refractivity contribution < 1.29 is 13.2 Å². The Hall–Kier alpha value is -1.23. The van der Waals surface area contributed by atoms with Gasteiger partial charge in [-0.1, -0.05) is 29.8 Å². The Labute approximate surface area is 126 Å². The summed E-state index contributed by atoms with van der Waals surface area (Å²) >= 11 is 5.88. The molecule has 0 aliphatic carbocycles. The summed E-state index contributed by atoms with van der Waals surface area (Å²) in [7, 11) is 0. The first-order chi connectivity index (χ1) is 8.91. The number of halogens is 5. The fourth-order valence-electron chi connectivity index (χ4n) is 1.88. The van der Waals surface area contributed by atoms with Gasteiger partial charge in [0.25, 0.3) is 0 Å². The molecule has 0 saturated carbocycles. The number of nitrogens with two attached hydrogens (primary N) is 1. The van der Waals surface area contributed by atoms with Crippen LogP contribution in [0.25, 0.3) is 11.1 Å². The van der Waals surface area contributed by atoms with Crippen LogP contribution in [0.3, 0.4) is 0 Å². The van der Waals surface area contributed by atoms with Crippen LogP contribution in [-0.2, 0) is 12.7 Å². The van der Waals surface area contributed by atoms with E-state index in [1.165, 1.54) is 6.07 Å². The molecule has 0 radical (unpaired) electrons. The van der Waals surface area contributed by atoms with Crippen LogP contribution in [0.1, 0.15) is 11.1 Å². The van der Waals surface area contributed by atoms with Gasteiger partial charge in [0.05, 0.1) is 5.56 Å². The molecule has 0 fully saturated rings. The fourth-order valence-corrected chi connectivity index (χ4v) is 2.07. The summed E-state index contributed by atoms with van der Waals surface area (Å²) in [6, 6.07) is 10.5. The van der Waals surface area contributed by atoms with Gasteiger partial charge in [-0.05, 0) is 41.0 Å².